The van der Waals surface area contributed by atoms with Crippen molar-refractivity contribution in [1.29, 1.82) is 0 Å². The molecule has 4 aliphatic carbocycles. The lowest BCUT2D eigenvalue weighted by Crippen LogP contribution is -2.70. The van der Waals surface area contributed by atoms with E-state index in [2.05, 4.69) is 25.2 Å². The van der Waals surface area contributed by atoms with Gasteiger partial charge in [0.2, 0.25) is 11.8 Å². The lowest BCUT2D eigenvalue weighted by atomic mass is 9.48. The molecule has 0 aromatic heterocycles. The number of amides is 2. The van der Waals surface area contributed by atoms with Gasteiger partial charge in [-0.15, -0.1) is 11.8 Å². The number of allylic oxidation sites excluding steroid dienone is 2. The molecule has 1 aromatic carbocycles. The van der Waals surface area contributed by atoms with Gasteiger partial charge in [0.05, 0.1) is 12.8 Å². The number of carboxylic acid groups (broad SMARTS) is 1. The molecule has 2 amide bonds. The molecule has 5 fully saturated rings. The molecule has 0 bridgehead atoms. The first-order valence-electron chi connectivity index (χ1n) is 17.2. The zero-order valence-electron chi connectivity index (χ0n) is 27.8. The number of thioether (sulfide) groups is 1. The third kappa shape index (κ3) is 5.33. The highest BCUT2D eigenvalue weighted by atomic mass is 32.2. The number of nitrogens with zero attached hydrogens (tertiary/aromatic N) is 1. The van der Waals surface area contributed by atoms with Crippen LogP contribution in [-0.4, -0.2) is 67.9 Å². The van der Waals surface area contributed by atoms with Crippen LogP contribution in [0, 0.1) is 28.6 Å². The minimum absolute atomic E-state index is 0.0274. The highest BCUT2D eigenvalue weighted by Gasteiger charge is 2.64. The lowest BCUT2D eigenvalue weighted by Gasteiger charge is -2.57. The van der Waals surface area contributed by atoms with Gasteiger partial charge in [-0.05, 0) is 86.7 Å². The third-order valence-electron chi connectivity index (χ3n) is 12.9. The number of nitrogens with one attached hydrogen (secondary N) is 1. The topological polar surface area (TPSA) is 130 Å². The number of benzene rings is 1. The van der Waals surface area contributed by atoms with Crippen LogP contribution in [0.25, 0.3) is 0 Å². The Kier molecular flexibility index (Phi) is 7.92. The second kappa shape index (κ2) is 11.5. The van der Waals surface area contributed by atoms with Gasteiger partial charge in [-0.2, -0.15) is 0 Å². The van der Waals surface area contributed by atoms with Gasteiger partial charge in [-0.1, -0.05) is 49.8 Å². The Morgan fingerprint density at radius 1 is 0.979 bits per heavy atom. The molecule has 2 N–H and O–H groups in total. The van der Waals surface area contributed by atoms with Gasteiger partial charge >= 0.3 is 11.9 Å². The number of hydrogen-bond acceptors (Lipinski definition) is 7. The largest absolute Gasteiger partial charge is 0.480 e. The summed E-state index contributed by atoms with van der Waals surface area (Å²) in [5.74, 6) is 0.155. The highest BCUT2D eigenvalue weighted by molar-refractivity contribution is 8.01. The van der Waals surface area contributed by atoms with Crippen LogP contribution in [0.1, 0.15) is 90.2 Å². The van der Waals surface area contributed by atoms with E-state index in [1.165, 1.54) is 22.2 Å². The summed E-state index contributed by atoms with van der Waals surface area (Å²) in [7, 11) is 0. The van der Waals surface area contributed by atoms with Crippen molar-refractivity contribution in [3.63, 3.8) is 0 Å². The Hall–Kier alpha value is -3.14. The van der Waals surface area contributed by atoms with Gasteiger partial charge < -0.3 is 20.1 Å². The number of Topliss-reactive ketones (excluding diaryl/α,β-unsaturated/α-hetero) is 1. The summed E-state index contributed by atoms with van der Waals surface area (Å²) in [5, 5.41) is 12.0. The van der Waals surface area contributed by atoms with Gasteiger partial charge in [-0.3, -0.25) is 19.2 Å². The molecule has 2 aliphatic heterocycles. The Morgan fingerprint density at radius 2 is 1.68 bits per heavy atom. The van der Waals surface area contributed by atoms with E-state index in [9.17, 15) is 29.1 Å². The minimum Gasteiger partial charge on any atom is -0.480 e. The number of ketones is 1. The van der Waals surface area contributed by atoms with Crippen molar-refractivity contribution in [2.45, 2.75) is 120 Å². The SMILES string of the molecule is CC1(C)SC2C(NC(=O)Cc3ccc(CC(=O)OC4CCC5C6CC=C7CC(=O)CCC7(C)C6CCC45C)cc3)C(=O)N2C1C(=O)O. The number of ether oxygens (including phenoxy) is 1. The second-order valence-electron chi connectivity index (χ2n) is 15.9. The lowest BCUT2D eigenvalue weighted by molar-refractivity contribution is -0.161. The molecule has 1 aromatic rings. The van der Waals surface area contributed by atoms with Crippen molar-refractivity contribution in [2.75, 3.05) is 0 Å². The molecule has 9 atom stereocenters. The van der Waals surface area contributed by atoms with Crippen molar-refractivity contribution >= 4 is 41.3 Å². The number of carbonyl (C=O) groups excluding carboxylic acids is 4. The minimum atomic E-state index is -1.04. The quantitative estimate of drug-likeness (QED) is 0.241. The van der Waals surface area contributed by atoms with Crippen LogP contribution in [0.2, 0.25) is 0 Å². The summed E-state index contributed by atoms with van der Waals surface area (Å²) in [6.07, 6.45) is 10.0. The normalized spacial score (nSPS) is 38.3. The molecular formula is C37H46N2O7S. The van der Waals surface area contributed by atoms with E-state index in [0.717, 1.165) is 49.7 Å². The van der Waals surface area contributed by atoms with Crippen LogP contribution < -0.4 is 5.32 Å². The van der Waals surface area contributed by atoms with Gasteiger partial charge in [0.15, 0.2) is 0 Å². The summed E-state index contributed by atoms with van der Waals surface area (Å²) >= 11 is 1.40. The fourth-order valence-corrected chi connectivity index (χ4v) is 11.9. The van der Waals surface area contributed by atoms with E-state index < -0.39 is 22.8 Å². The first-order chi connectivity index (χ1) is 22.2. The van der Waals surface area contributed by atoms with Crippen molar-refractivity contribution in [3.05, 3.63) is 47.0 Å². The van der Waals surface area contributed by atoms with Crippen LogP contribution in [-0.2, 0) is 41.6 Å². The van der Waals surface area contributed by atoms with Gasteiger partial charge in [-0.25, -0.2) is 4.79 Å². The predicted molar refractivity (Wildman–Crippen MR) is 176 cm³/mol. The maximum absolute atomic E-state index is 13.2. The summed E-state index contributed by atoms with van der Waals surface area (Å²) in [5.41, 5.74) is 3.06. The fourth-order valence-electron chi connectivity index (χ4n) is 10.3. The molecule has 10 heteroatoms. The average Bonchev–Trinajstić information content (AvgIpc) is 3.47. The number of β-lactam (4-membered cyclic amide) rings is 1. The fraction of sp³-hybridized carbons (Fsp3) is 0.649. The number of carboxylic acids is 1. The Morgan fingerprint density at radius 3 is 2.38 bits per heavy atom. The van der Waals surface area contributed by atoms with Gasteiger partial charge in [0.1, 0.15) is 29.3 Å². The molecule has 7 rings (SSSR count). The molecule has 9 nitrogen and oxygen atoms in total. The van der Waals surface area contributed by atoms with Crippen LogP contribution in [0.5, 0.6) is 0 Å². The van der Waals surface area contributed by atoms with E-state index in [1.807, 2.05) is 24.3 Å². The summed E-state index contributed by atoms with van der Waals surface area (Å²) in [6.45, 7) is 8.33. The van der Waals surface area contributed by atoms with Crippen molar-refractivity contribution in [3.8, 4) is 0 Å². The second-order valence-corrected chi connectivity index (χ2v) is 17.7. The monoisotopic (exact) mass is 662 g/mol. The molecule has 3 saturated carbocycles. The zero-order valence-corrected chi connectivity index (χ0v) is 28.6. The molecule has 6 aliphatic rings. The van der Waals surface area contributed by atoms with Crippen molar-refractivity contribution < 1.29 is 33.8 Å². The number of esters is 1. The van der Waals surface area contributed by atoms with Crippen LogP contribution in [0.3, 0.4) is 0 Å². The van der Waals surface area contributed by atoms with E-state index in [1.54, 1.807) is 13.8 Å². The van der Waals surface area contributed by atoms with Crippen molar-refractivity contribution in [2.24, 2.45) is 28.6 Å². The summed E-state index contributed by atoms with van der Waals surface area (Å²) < 4.78 is 5.57. The van der Waals surface area contributed by atoms with E-state index in [-0.39, 0.29) is 52.9 Å². The molecule has 9 unspecified atom stereocenters. The molecule has 0 radical (unpaired) electrons. The molecule has 2 saturated heterocycles. The number of rotatable bonds is 7. The zero-order chi connectivity index (χ0) is 33.5. The Labute approximate surface area is 280 Å². The maximum atomic E-state index is 13.2. The average molecular weight is 663 g/mol. The summed E-state index contributed by atoms with van der Waals surface area (Å²) in [4.78, 5) is 64.0. The molecular weight excluding hydrogens is 616 g/mol. The molecule has 2 heterocycles. The first-order valence-corrected chi connectivity index (χ1v) is 18.1. The smallest absolute Gasteiger partial charge is 0.327 e. The highest BCUT2D eigenvalue weighted by Crippen LogP contribution is 2.65. The first kappa shape index (κ1) is 32.4. The Balaban J connectivity index is 0.916. The summed E-state index contributed by atoms with van der Waals surface area (Å²) in [6, 6.07) is 5.69. The third-order valence-corrected chi connectivity index (χ3v) is 14.4. The van der Waals surface area contributed by atoms with Crippen LogP contribution in [0.4, 0.5) is 0 Å². The number of fused-ring (bicyclic) bond motifs is 6. The predicted octanol–water partition coefficient (Wildman–Crippen LogP) is 4.85. The van der Waals surface area contributed by atoms with E-state index >= 15 is 0 Å². The number of hydrogen-bond donors (Lipinski definition) is 2. The molecule has 47 heavy (non-hydrogen) atoms. The van der Waals surface area contributed by atoms with Crippen LogP contribution in [0.15, 0.2) is 35.9 Å². The molecule has 0 spiro atoms. The number of carbonyl (C=O) groups is 5. The Bertz CT molecular complexity index is 1550. The molecule has 252 valence electrons. The van der Waals surface area contributed by atoms with Gasteiger partial charge in [0.25, 0.3) is 0 Å². The van der Waals surface area contributed by atoms with Crippen molar-refractivity contribution in [1.82, 2.24) is 10.2 Å². The van der Waals surface area contributed by atoms with Gasteiger partial charge in [0, 0.05) is 23.0 Å². The number of aliphatic carboxylic acids is 1. The van der Waals surface area contributed by atoms with E-state index in [0.29, 0.717) is 36.4 Å². The van der Waals surface area contributed by atoms with Crippen LogP contribution >= 0.6 is 11.8 Å². The standard InChI is InChI=1S/C37H46N2O7S/c1-35(2)31(34(44)45)39-32(43)30(33(39)47-35)38-28(41)17-20-5-7-21(8-6-20)18-29(42)46-27-12-11-25-24-10-9-22-19-23(40)13-15-36(22,3)26(24)14-16-37(25,27)4/h5-9,24-27,30-31,33H,10-19H2,1-4H3,(H,38,41)(H,44,45). The van der Waals surface area contributed by atoms with E-state index in [4.69, 9.17) is 4.74 Å². The maximum Gasteiger partial charge on any atom is 0.327 e.